The molecule has 0 aliphatic carbocycles. The van der Waals surface area contributed by atoms with Crippen molar-refractivity contribution in [2.75, 3.05) is 47.5 Å². The Hall–Kier alpha value is -5.87. The number of carboxylic acid groups (broad SMARTS) is 1. The van der Waals surface area contributed by atoms with Crippen molar-refractivity contribution < 1.29 is 42.9 Å². The van der Waals surface area contributed by atoms with Gasteiger partial charge in [0.05, 0.1) is 40.3 Å². The fraction of sp³-hybridized carbons (Fsp3) is 0.551. The number of rotatable bonds is 59. The lowest BCUT2D eigenvalue weighted by molar-refractivity contribution is -0.870. The number of carbonyl (C=O) groups is 3. The molecule has 0 saturated heterocycles. The Kier molecular flexibility index (Phi) is 61.6. The molecule has 2 atom stereocenters. The Morgan fingerprint density at radius 1 is 0.345 bits per heavy atom. The molecule has 0 radical (unpaired) electrons. The maximum absolute atomic E-state index is 12.9. The minimum atomic E-state index is -1.65. The highest BCUT2D eigenvalue weighted by atomic mass is 16.7. The molecule has 0 aromatic rings. The number of likely N-dealkylation sites (N-methyl/N-ethyl adjacent to an activating group) is 1. The number of quaternary nitrogens is 1. The van der Waals surface area contributed by atoms with Gasteiger partial charge in [0, 0.05) is 12.8 Å². The molecule has 0 aromatic carbocycles. The number of nitrogens with zero attached hydrogens (tertiary/aromatic N) is 1. The zero-order valence-corrected chi connectivity index (χ0v) is 55.3. The Morgan fingerprint density at radius 2 is 0.621 bits per heavy atom. The summed E-state index contributed by atoms with van der Waals surface area (Å²) in [7, 11) is 5.90. The highest BCUT2D eigenvalue weighted by molar-refractivity contribution is 5.70. The molecular formula is C78H121NO8. The molecule has 0 aliphatic heterocycles. The maximum Gasteiger partial charge on any atom is 0.306 e. The fourth-order valence-electron chi connectivity index (χ4n) is 8.27. The normalized spacial score (nSPS) is 14.0. The van der Waals surface area contributed by atoms with Gasteiger partial charge in [-0.2, -0.15) is 0 Å². The Labute approximate surface area is 532 Å². The van der Waals surface area contributed by atoms with Crippen LogP contribution in [0, 0.1) is 0 Å². The number of carboxylic acids is 1. The highest BCUT2D eigenvalue weighted by Crippen LogP contribution is 2.14. The predicted octanol–water partition coefficient (Wildman–Crippen LogP) is 19.7. The number of aliphatic carboxylic acids is 1. The van der Waals surface area contributed by atoms with Gasteiger partial charge in [-0.1, -0.05) is 260 Å². The second-order valence-electron chi connectivity index (χ2n) is 22.6. The van der Waals surface area contributed by atoms with Crippen molar-refractivity contribution >= 4 is 17.9 Å². The smallest absolute Gasteiger partial charge is 0.306 e. The third-order valence-electron chi connectivity index (χ3n) is 13.3. The fourth-order valence-corrected chi connectivity index (χ4v) is 8.27. The molecule has 0 amide bonds. The van der Waals surface area contributed by atoms with E-state index in [1.54, 1.807) is 0 Å². The number of hydrogen-bond acceptors (Lipinski definition) is 8. The third kappa shape index (κ3) is 67.5. The van der Waals surface area contributed by atoms with Crippen molar-refractivity contribution in [3.05, 3.63) is 194 Å². The second-order valence-corrected chi connectivity index (χ2v) is 22.6. The van der Waals surface area contributed by atoms with Gasteiger partial charge in [-0.15, -0.1) is 0 Å². The van der Waals surface area contributed by atoms with Gasteiger partial charge >= 0.3 is 11.9 Å². The summed E-state index contributed by atoms with van der Waals surface area (Å²) in [4.78, 5) is 37.4. The van der Waals surface area contributed by atoms with Crippen molar-refractivity contribution in [2.24, 2.45) is 0 Å². The Balaban J connectivity index is 4.30. The summed E-state index contributed by atoms with van der Waals surface area (Å²) in [5.74, 6) is -2.37. The largest absolute Gasteiger partial charge is 0.545 e. The van der Waals surface area contributed by atoms with Crippen molar-refractivity contribution in [3.8, 4) is 0 Å². The van der Waals surface area contributed by atoms with E-state index in [1.165, 1.54) is 38.5 Å². The number of ether oxygens (including phenoxy) is 4. The molecule has 0 saturated carbocycles. The monoisotopic (exact) mass is 1200 g/mol. The summed E-state index contributed by atoms with van der Waals surface area (Å²) in [5.41, 5.74) is 0. The zero-order chi connectivity index (χ0) is 63.3. The molecule has 2 unspecified atom stereocenters. The van der Waals surface area contributed by atoms with Crippen LogP contribution in [0.3, 0.4) is 0 Å². The molecule has 0 bridgehead atoms. The van der Waals surface area contributed by atoms with Crippen LogP contribution in [-0.4, -0.2) is 82.3 Å². The first kappa shape index (κ1) is 81.1. The van der Waals surface area contributed by atoms with Gasteiger partial charge < -0.3 is 33.3 Å². The number of esters is 2. The van der Waals surface area contributed by atoms with Gasteiger partial charge in [-0.3, -0.25) is 9.59 Å². The molecule has 0 N–H and O–H groups in total. The quantitative estimate of drug-likeness (QED) is 0.0195. The molecule has 0 aliphatic rings. The lowest BCUT2D eigenvalue weighted by atomic mass is 10.0. The van der Waals surface area contributed by atoms with Crippen molar-refractivity contribution in [1.29, 1.82) is 0 Å². The molecular weight excluding hydrogens is 1080 g/mol. The number of carbonyl (C=O) groups excluding carboxylic acids is 3. The average molecular weight is 1200 g/mol. The van der Waals surface area contributed by atoms with Crippen LogP contribution in [0.25, 0.3) is 0 Å². The summed E-state index contributed by atoms with van der Waals surface area (Å²) in [5, 5.41) is 11.8. The van der Waals surface area contributed by atoms with Crippen molar-refractivity contribution in [3.63, 3.8) is 0 Å². The van der Waals surface area contributed by atoms with E-state index in [2.05, 4.69) is 208 Å². The van der Waals surface area contributed by atoms with Crippen LogP contribution in [0.4, 0.5) is 0 Å². The van der Waals surface area contributed by atoms with Crippen LogP contribution in [0.2, 0.25) is 0 Å². The number of hydrogen-bond donors (Lipinski definition) is 0. The molecule has 87 heavy (non-hydrogen) atoms. The first-order chi connectivity index (χ1) is 42.6. The average Bonchev–Trinajstić information content (AvgIpc) is 3.56. The van der Waals surface area contributed by atoms with Gasteiger partial charge in [0.2, 0.25) is 0 Å². The summed E-state index contributed by atoms with van der Waals surface area (Å²) < 4.78 is 22.7. The van der Waals surface area contributed by atoms with E-state index < -0.39 is 30.3 Å². The number of unbranched alkanes of at least 4 members (excludes halogenated alkanes) is 12. The predicted molar refractivity (Wildman–Crippen MR) is 370 cm³/mol. The van der Waals surface area contributed by atoms with Gasteiger partial charge in [0.1, 0.15) is 13.2 Å². The van der Waals surface area contributed by atoms with Gasteiger partial charge in [0.25, 0.3) is 0 Å². The van der Waals surface area contributed by atoms with E-state index >= 15 is 0 Å². The number of allylic oxidation sites excluding steroid dienone is 32. The lowest BCUT2D eigenvalue weighted by Crippen LogP contribution is -2.44. The van der Waals surface area contributed by atoms with E-state index in [0.29, 0.717) is 23.9 Å². The topological polar surface area (TPSA) is 111 Å². The third-order valence-corrected chi connectivity index (χ3v) is 13.3. The SMILES string of the molecule is CC/C=C\C/C=C\C/C=C\C/C=C\C/C=C\C/C=C\C/C=C\C/C=C\CCCCCCCCCCCCC(=O)OC(COC(=O)CCCC/C=C\C/C=C\C/C=C\C/C=C\C/C=C\C/C=C\C/C=C\C/C=C\CC)COC(OCC[N+](C)(C)C)C(=O)[O-]. The standard InChI is InChI=1S/C78H121NO8/c1-6-8-10-12-14-16-18-20-22-24-26-28-30-32-34-35-36-37-38-39-40-41-43-45-47-49-51-53-55-57-59-61-63-65-67-69-76(81)87-74(73-86-78(77(82)83)84-71-70-79(3,4)5)72-85-75(80)68-66-64-62-60-58-56-54-52-50-48-46-44-42-33-31-29-27-25-23-21-19-17-15-13-11-9-7-2/h8-11,14-17,20-23,26-29,32-34,36-37,39-40,42-43,45-46,48,52,54,58,60,74,78H,6-7,12-13,18-19,24-25,30-31,35,38,41,44,47,49-51,53,55-57,59,61-73H2,1-5H3/b10-8-,11-9-,16-14-,17-15-,22-20-,23-21-,28-26-,29-27-,34-32-,37-36-,40-39-,42-33-,45-43-,48-46-,54-52-,60-58-. The first-order valence-electron chi connectivity index (χ1n) is 33.6. The maximum atomic E-state index is 12.9. The van der Waals surface area contributed by atoms with E-state index in [-0.39, 0.29) is 32.7 Å². The van der Waals surface area contributed by atoms with E-state index in [4.69, 9.17) is 18.9 Å². The van der Waals surface area contributed by atoms with Crippen LogP contribution in [0.15, 0.2) is 194 Å². The Morgan fingerprint density at radius 3 is 0.943 bits per heavy atom. The summed E-state index contributed by atoms with van der Waals surface area (Å²) >= 11 is 0. The lowest BCUT2D eigenvalue weighted by Gasteiger charge is -2.26. The van der Waals surface area contributed by atoms with Crippen molar-refractivity contribution in [2.45, 2.75) is 232 Å². The molecule has 0 spiro atoms. The Bertz CT molecular complexity index is 2130. The summed E-state index contributed by atoms with van der Waals surface area (Å²) in [6, 6.07) is 0. The molecule has 9 heteroatoms. The van der Waals surface area contributed by atoms with Crippen LogP contribution in [-0.2, 0) is 33.3 Å². The summed E-state index contributed by atoms with van der Waals surface area (Å²) in [6.45, 7) is 4.43. The van der Waals surface area contributed by atoms with E-state index in [0.717, 1.165) is 141 Å². The molecule has 9 nitrogen and oxygen atoms in total. The van der Waals surface area contributed by atoms with Crippen LogP contribution in [0.1, 0.15) is 219 Å². The van der Waals surface area contributed by atoms with Crippen LogP contribution < -0.4 is 5.11 Å². The highest BCUT2D eigenvalue weighted by Gasteiger charge is 2.22. The van der Waals surface area contributed by atoms with E-state index in [1.807, 2.05) is 21.1 Å². The molecule has 0 rings (SSSR count). The zero-order valence-electron chi connectivity index (χ0n) is 55.3. The first-order valence-corrected chi connectivity index (χ1v) is 33.6. The van der Waals surface area contributed by atoms with Crippen molar-refractivity contribution in [1.82, 2.24) is 0 Å². The van der Waals surface area contributed by atoms with Gasteiger partial charge in [0.15, 0.2) is 12.4 Å². The van der Waals surface area contributed by atoms with E-state index in [9.17, 15) is 19.5 Å². The van der Waals surface area contributed by atoms with Gasteiger partial charge in [-0.05, 0) is 141 Å². The minimum absolute atomic E-state index is 0.128. The summed E-state index contributed by atoms with van der Waals surface area (Å²) in [6.07, 6.45) is 99.2. The molecule has 0 aromatic heterocycles. The minimum Gasteiger partial charge on any atom is -0.545 e. The van der Waals surface area contributed by atoms with Gasteiger partial charge in [-0.25, -0.2) is 0 Å². The molecule has 486 valence electrons. The second kappa shape index (κ2) is 66.1. The van der Waals surface area contributed by atoms with Crippen LogP contribution in [0.5, 0.6) is 0 Å². The molecule has 0 fully saturated rings. The molecule has 0 heterocycles. The van der Waals surface area contributed by atoms with Crippen LogP contribution >= 0.6 is 0 Å².